The third-order valence-corrected chi connectivity index (χ3v) is 4.16. The number of carbonyl (C=O) groups is 1. The van der Waals surface area contributed by atoms with Gasteiger partial charge in [0, 0.05) is 22.3 Å². The first-order valence-electron chi connectivity index (χ1n) is 6.80. The highest BCUT2D eigenvalue weighted by molar-refractivity contribution is 14.1. The minimum absolute atomic E-state index is 0.0857. The summed E-state index contributed by atoms with van der Waals surface area (Å²) in [5, 5.41) is 2.96. The highest BCUT2D eigenvalue weighted by Gasteiger charge is 2.23. The largest absolute Gasteiger partial charge is 0.325 e. The van der Waals surface area contributed by atoms with E-state index in [2.05, 4.69) is 46.7 Å². The molecule has 2 atom stereocenters. The van der Waals surface area contributed by atoms with E-state index < -0.39 is 0 Å². The van der Waals surface area contributed by atoms with Crippen LogP contribution in [0.1, 0.15) is 20.3 Å². The van der Waals surface area contributed by atoms with Crippen LogP contribution in [0.25, 0.3) is 0 Å². The van der Waals surface area contributed by atoms with Crippen molar-refractivity contribution in [2.24, 2.45) is 11.8 Å². The lowest BCUT2D eigenvalue weighted by molar-refractivity contribution is -0.117. The highest BCUT2D eigenvalue weighted by Crippen LogP contribution is 2.20. The number of nitrogens with one attached hydrogen (secondary N) is 1. The Bertz CT molecular complexity index is 422. The lowest BCUT2D eigenvalue weighted by atomic mass is 9.92. The average molecular weight is 372 g/mol. The maximum atomic E-state index is 12.0. The van der Waals surface area contributed by atoms with Crippen molar-refractivity contribution >= 4 is 34.2 Å². The second kappa shape index (κ2) is 6.70. The van der Waals surface area contributed by atoms with Gasteiger partial charge in [0.25, 0.3) is 0 Å². The van der Waals surface area contributed by atoms with Gasteiger partial charge in [-0.05, 0) is 65.1 Å². The minimum Gasteiger partial charge on any atom is -0.325 e. The van der Waals surface area contributed by atoms with E-state index in [1.54, 1.807) is 0 Å². The molecule has 1 N–H and O–H groups in total. The summed E-state index contributed by atoms with van der Waals surface area (Å²) in [6.45, 7) is 7.09. The fraction of sp³-hybridized carbons (Fsp3) is 0.533. The zero-order chi connectivity index (χ0) is 13.8. The van der Waals surface area contributed by atoms with E-state index in [9.17, 15) is 4.79 Å². The molecule has 19 heavy (non-hydrogen) atoms. The number of hydrogen-bond acceptors (Lipinski definition) is 2. The number of rotatable bonds is 3. The first-order valence-corrected chi connectivity index (χ1v) is 7.88. The highest BCUT2D eigenvalue weighted by atomic mass is 127. The molecule has 0 radical (unpaired) electrons. The molecule has 4 heteroatoms. The molecule has 0 aliphatic carbocycles. The lowest BCUT2D eigenvalue weighted by Gasteiger charge is -2.34. The smallest absolute Gasteiger partial charge is 0.238 e. The summed E-state index contributed by atoms with van der Waals surface area (Å²) in [6.07, 6.45) is 1.27. The van der Waals surface area contributed by atoms with E-state index >= 15 is 0 Å². The molecule has 1 heterocycles. The maximum Gasteiger partial charge on any atom is 0.238 e. The van der Waals surface area contributed by atoms with Crippen molar-refractivity contribution in [2.45, 2.75) is 20.3 Å². The van der Waals surface area contributed by atoms with E-state index in [4.69, 9.17) is 0 Å². The van der Waals surface area contributed by atoms with Crippen LogP contribution in [0, 0.1) is 15.4 Å². The Morgan fingerprint density at radius 2 is 1.84 bits per heavy atom. The summed E-state index contributed by atoms with van der Waals surface area (Å²) in [4.78, 5) is 14.3. The molecule has 104 valence electrons. The van der Waals surface area contributed by atoms with E-state index in [0.29, 0.717) is 18.4 Å². The Balaban J connectivity index is 1.85. The van der Waals surface area contributed by atoms with E-state index in [0.717, 1.165) is 18.8 Å². The van der Waals surface area contributed by atoms with Gasteiger partial charge in [0.05, 0.1) is 6.54 Å². The molecule has 0 spiro atoms. The zero-order valence-corrected chi connectivity index (χ0v) is 13.7. The Morgan fingerprint density at radius 1 is 1.26 bits per heavy atom. The summed E-state index contributed by atoms with van der Waals surface area (Å²) >= 11 is 2.26. The molecule has 0 bridgehead atoms. The van der Waals surface area contributed by atoms with Gasteiger partial charge in [-0.25, -0.2) is 0 Å². The topological polar surface area (TPSA) is 32.3 Å². The first kappa shape index (κ1) is 14.8. The standard InChI is InChI=1S/C15H21IN2O/c1-11-7-12(2)9-18(8-11)10-15(19)17-14-5-3-13(16)4-6-14/h3-6,11-12H,7-10H2,1-2H3,(H,17,19)/t11-,12-/m0/s1. The Kier molecular flexibility index (Phi) is 5.21. The lowest BCUT2D eigenvalue weighted by Crippen LogP contribution is -2.42. The fourth-order valence-electron chi connectivity index (χ4n) is 2.86. The normalized spacial score (nSPS) is 24.2. The number of hydrogen-bond donors (Lipinski definition) is 1. The van der Waals surface area contributed by atoms with Crippen LogP contribution >= 0.6 is 22.6 Å². The van der Waals surface area contributed by atoms with Crippen molar-refractivity contribution in [2.75, 3.05) is 25.0 Å². The maximum absolute atomic E-state index is 12.0. The molecule has 1 amide bonds. The number of amides is 1. The molecule has 0 unspecified atom stereocenters. The monoisotopic (exact) mass is 372 g/mol. The summed E-state index contributed by atoms with van der Waals surface area (Å²) in [5.41, 5.74) is 0.878. The first-order chi connectivity index (χ1) is 9.02. The minimum atomic E-state index is 0.0857. The van der Waals surface area contributed by atoms with Crippen LogP contribution in [0.5, 0.6) is 0 Å². The van der Waals surface area contributed by atoms with Crippen molar-refractivity contribution < 1.29 is 4.79 Å². The van der Waals surface area contributed by atoms with Crippen LogP contribution in [-0.4, -0.2) is 30.4 Å². The van der Waals surface area contributed by atoms with E-state index in [1.807, 2.05) is 24.3 Å². The summed E-state index contributed by atoms with van der Waals surface area (Å²) in [5.74, 6) is 1.47. The van der Waals surface area contributed by atoms with Crippen molar-refractivity contribution in [3.63, 3.8) is 0 Å². The number of halogens is 1. The van der Waals surface area contributed by atoms with Crippen molar-refractivity contribution in [3.05, 3.63) is 27.8 Å². The van der Waals surface area contributed by atoms with Crippen LogP contribution in [0.15, 0.2) is 24.3 Å². The van der Waals surface area contributed by atoms with Crippen molar-refractivity contribution in [1.29, 1.82) is 0 Å². The van der Waals surface area contributed by atoms with E-state index in [-0.39, 0.29) is 5.91 Å². The summed E-state index contributed by atoms with van der Waals surface area (Å²) in [6, 6.07) is 7.89. The summed E-state index contributed by atoms with van der Waals surface area (Å²) < 4.78 is 1.18. The van der Waals surface area contributed by atoms with Gasteiger partial charge in [-0.2, -0.15) is 0 Å². The van der Waals surface area contributed by atoms with Gasteiger partial charge in [-0.1, -0.05) is 13.8 Å². The number of likely N-dealkylation sites (tertiary alicyclic amines) is 1. The van der Waals surface area contributed by atoms with Gasteiger partial charge in [0.1, 0.15) is 0 Å². The van der Waals surface area contributed by atoms with Gasteiger partial charge in [-0.15, -0.1) is 0 Å². The van der Waals surface area contributed by atoms with Crippen LogP contribution in [0.2, 0.25) is 0 Å². The molecule has 0 saturated carbocycles. The van der Waals surface area contributed by atoms with Crippen molar-refractivity contribution in [1.82, 2.24) is 4.90 Å². The number of piperidine rings is 1. The molecular formula is C15H21IN2O. The van der Waals surface area contributed by atoms with Gasteiger partial charge >= 0.3 is 0 Å². The van der Waals surface area contributed by atoms with Gasteiger partial charge in [-0.3, -0.25) is 9.69 Å². The molecule has 1 aliphatic heterocycles. The fourth-order valence-corrected chi connectivity index (χ4v) is 3.22. The van der Waals surface area contributed by atoms with Crippen LogP contribution in [0.4, 0.5) is 5.69 Å². The van der Waals surface area contributed by atoms with Gasteiger partial charge in [0.2, 0.25) is 5.91 Å². The molecule has 1 fully saturated rings. The zero-order valence-electron chi connectivity index (χ0n) is 11.5. The van der Waals surface area contributed by atoms with Crippen LogP contribution in [0.3, 0.4) is 0 Å². The summed E-state index contributed by atoms with van der Waals surface area (Å²) in [7, 11) is 0. The molecule has 1 aliphatic rings. The number of anilines is 1. The van der Waals surface area contributed by atoms with Gasteiger partial charge in [0.15, 0.2) is 0 Å². The Hall–Kier alpha value is -0.620. The van der Waals surface area contributed by atoms with E-state index in [1.165, 1.54) is 9.99 Å². The molecule has 1 aromatic carbocycles. The van der Waals surface area contributed by atoms with Crippen LogP contribution in [-0.2, 0) is 4.79 Å². The second-order valence-corrected chi connectivity index (χ2v) is 6.94. The molecule has 3 nitrogen and oxygen atoms in total. The van der Waals surface area contributed by atoms with Crippen molar-refractivity contribution in [3.8, 4) is 0 Å². The van der Waals surface area contributed by atoms with Gasteiger partial charge < -0.3 is 5.32 Å². The number of benzene rings is 1. The van der Waals surface area contributed by atoms with Crippen LogP contribution < -0.4 is 5.32 Å². The molecule has 1 aromatic rings. The third-order valence-electron chi connectivity index (χ3n) is 3.44. The molecule has 2 rings (SSSR count). The number of carbonyl (C=O) groups excluding carboxylic acids is 1. The Morgan fingerprint density at radius 3 is 2.42 bits per heavy atom. The third kappa shape index (κ3) is 4.76. The number of nitrogens with zero attached hydrogens (tertiary/aromatic N) is 1. The second-order valence-electron chi connectivity index (χ2n) is 5.70. The average Bonchev–Trinajstić information content (AvgIpc) is 2.30. The SMILES string of the molecule is C[C@H]1C[C@H](C)CN(CC(=O)Nc2ccc(I)cc2)C1. The molecular weight excluding hydrogens is 351 g/mol. The molecule has 1 saturated heterocycles. The predicted octanol–water partition coefficient (Wildman–Crippen LogP) is 3.21. The quantitative estimate of drug-likeness (QED) is 0.827. The Labute approximate surface area is 128 Å². The molecule has 0 aromatic heterocycles. The predicted molar refractivity (Wildman–Crippen MR) is 87.2 cm³/mol.